The molecule has 1 amide bonds. The topological polar surface area (TPSA) is 46.9 Å². The summed E-state index contributed by atoms with van der Waals surface area (Å²) in [5.41, 5.74) is 0.665. The maximum Gasteiger partial charge on any atom is 0.435 e. The van der Waals surface area contributed by atoms with Crippen LogP contribution in [0.3, 0.4) is 0 Å². The number of alkyl halides is 3. The van der Waals surface area contributed by atoms with E-state index in [1.54, 1.807) is 12.1 Å². The van der Waals surface area contributed by atoms with Crippen molar-refractivity contribution in [1.82, 2.24) is 9.78 Å². The summed E-state index contributed by atoms with van der Waals surface area (Å²) in [4.78, 5) is 12.7. The van der Waals surface area contributed by atoms with Gasteiger partial charge in [0, 0.05) is 18.1 Å². The zero-order chi connectivity index (χ0) is 16.8. The number of carbonyl (C=O) groups excluding carboxylic acids is 1. The van der Waals surface area contributed by atoms with Crippen molar-refractivity contribution >= 4 is 33.1 Å². The van der Waals surface area contributed by atoms with Crippen molar-refractivity contribution in [1.29, 1.82) is 0 Å². The summed E-state index contributed by atoms with van der Waals surface area (Å²) in [6.07, 6.45) is -4.55. The van der Waals surface area contributed by atoms with Crippen molar-refractivity contribution in [3.8, 4) is 0 Å². The van der Waals surface area contributed by atoms with E-state index in [4.69, 9.17) is 0 Å². The number of benzene rings is 1. The molecule has 0 atom stereocenters. The second-order valence-corrected chi connectivity index (χ2v) is 6.15. The van der Waals surface area contributed by atoms with Gasteiger partial charge in [0.25, 0.3) is 5.91 Å². The summed E-state index contributed by atoms with van der Waals surface area (Å²) in [6, 6.07) is 8.39. The van der Waals surface area contributed by atoms with Crippen LogP contribution in [-0.4, -0.2) is 15.7 Å². The smallest absolute Gasteiger partial charge is 0.321 e. The van der Waals surface area contributed by atoms with Crippen molar-refractivity contribution in [2.24, 2.45) is 7.05 Å². The van der Waals surface area contributed by atoms with Crippen LogP contribution >= 0.6 is 11.3 Å². The lowest BCUT2D eigenvalue weighted by Gasteiger charge is -2.04. The molecular weight excluding hydrogens is 327 g/mol. The standard InChI is InChI=1S/C15H12F3N3OS/c1-8-3-5-9(6-4-8)19-13(22)11-7-10-12(15(16,17)18)20-21(2)14(10)23-11/h3-7H,1-2H3,(H,19,22). The van der Waals surface area contributed by atoms with Crippen molar-refractivity contribution in [2.75, 3.05) is 5.32 Å². The molecule has 0 unspecified atom stereocenters. The Labute approximate surface area is 133 Å². The van der Waals surface area contributed by atoms with Crippen LogP contribution in [0, 0.1) is 6.92 Å². The molecule has 0 spiro atoms. The molecule has 8 heteroatoms. The van der Waals surface area contributed by atoms with Crippen molar-refractivity contribution in [3.05, 3.63) is 46.5 Å². The summed E-state index contributed by atoms with van der Waals surface area (Å²) >= 11 is 0.980. The zero-order valence-corrected chi connectivity index (χ0v) is 13.0. The molecule has 120 valence electrons. The Kier molecular flexibility index (Phi) is 3.63. The van der Waals surface area contributed by atoms with E-state index in [0.29, 0.717) is 10.5 Å². The van der Waals surface area contributed by atoms with Gasteiger partial charge in [-0.2, -0.15) is 18.3 Å². The molecular formula is C15H12F3N3OS. The highest BCUT2D eigenvalue weighted by atomic mass is 32.1. The maximum atomic E-state index is 13.0. The Hall–Kier alpha value is -2.35. The average Bonchev–Trinajstić information content (AvgIpc) is 3.02. The number of carbonyl (C=O) groups is 1. The number of hydrogen-bond donors (Lipinski definition) is 1. The number of hydrogen-bond acceptors (Lipinski definition) is 3. The monoisotopic (exact) mass is 339 g/mol. The highest BCUT2D eigenvalue weighted by Crippen LogP contribution is 2.37. The Bertz CT molecular complexity index is 878. The molecule has 1 aromatic carbocycles. The molecule has 4 nitrogen and oxygen atoms in total. The van der Waals surface area contributed by atoms with Gasteiger partial charge < -0.3 is 5.32 Å². The van der Waals surface area contributed by atoms with Crippen LogP contribution in [0.2, 0.25) is 0 Å². The Morgan fingerprint density at radius 3 is 2.52 bits per heavy atom. The largest absolute Gasteiger partial charge is 0.435 e. The number of anilines is 1. The molecule has 0 saturated carbocycles. The molecule has 2 aromatic heterocycles. The number of aryl methyl sites for hydroxylation is 2. The first kappa shape index (κ1) is 15.5. The Morgan fingerprint density at radius 1 is 1.26 bits per heavy atom. The van der Waals surface area contributed by atoms with Gasteiger partial charge in [-0.15, -0.1) is 11.3 Å². The first-order chi connectivity index (χ1) is 10.8. The number of fused-ring (bicyclic) bond motifs is 1. The summed E-state index contributed by atoms with van der Waals surface area (Å²) in [5, 5.41) is 6.10. The number of thiophene rings is 1. The van der Waals surface area contributed by atoms with Gasteiger partial charge in [0.2, 0.25) is 0 Å². The molecule has 1 N–H and O–H groups in total. The van der Waals surface area contributed by atoms with Gasteiger partial charge in [-0.05, 0) is 25.1 Å². The van der Waals surface area contributed by atoms with E-state index in [1.807, 2.05) is 19.1 Å². The second-order valence-electron chi connectivity index (χ2n) is 5.12. The van der Waals surface area contributed by atoms with Crippen molar-refractivity contribution in [2.45, 2.75) is 13.1 Å². The molecule has 23 heavy (non-hydrogen) atoms. The highest BCUT2D eigenvalue weighted by molar-refractivity contribution is 7.20. The first-order valence-electron chi connectivity index (χ1n) is 6.67. The summed E-state index contributed by atoms with van der Waals surface area (Å²) in [6.45, 7) is 1.92. The van der Waals surface area contributed by atoms with E-state index < -0.39 is 17.8 Å². The van der Waals surface area contributed by atoms with Crippen LogP contribution in [0.25, 0.3) is 10.2 Å². The van der Waals surface area contributed by atoms with Gasteiger partial charge in [-0.3, -0.25) is 9.48 Å². The van der Waals surface area contributed by atoms with Crippen LogP contribution in [0.15, 0.2) is 30.3 Å². The fraction of sp³-hybridized carbons (Fsp3) is 0.200. The van der Waals surface area contributed by atoms with E-state index in [2.05, 4.69) is 10.4 Å². The van der Waals surface area contributed by atoms with Crippen molar-refractivity contribution < 1.29 is 18.0 Å². The van der Waals surface area contributed by atoms with E-state index in [9.17, 15) is 18.0 Å². The number of halogens is 3. The minimum absolute atomic E-state index is 0.0564. The number of rotatable bonds is 2. The first-order valence-corrected chi connectivity index (χ1v) is 7.49. The maximum absolute atomic E-state index is 13.0. The van der Waals surface area contributed by atoms with Gasteiger partial charge in [-0.25, -0.2) is 0 Å². The fourth-order valence-corrected chi connectivity index (χ4v) is 3.16. The van der Waals surface area contributed by atoms with E-state index in [1.165, 1.54) is 13.1 Å². The minimum atomic E-state index is -4.55. The number of aromatic nitrogens is 2. The predicted octanol–water partition coefficient (Wildman–Crippen LogP) is 4.21. The van der Waals surface area contributed by atoms with Gasteiger partial charge in [0.1, 0.15) is 4.83 Å². The molecule has 0 aliphatic carbocycles. The van der Waals surface area contributed by atoms with Gasteiger partial charge in [-0.1, -0.05) is 17.7 Å². The van der Waals surface area contributed by atoms with Crippen LogP contribution in [0.4, 0.5) is 18.9 Å². The number of nitrogens with zero attached hydrogens (tertiary/aromatic N) is 2. The Morgan fingerprint density at radius 2 is 1.91 bits per heavy atom. The van der Waals surface area contributed by atoms with E-state index in [0.717, 1.165) is 21.6 Å². The lowest BCUT2D eigenvalue weighted by Crippen LogP contribution is -2.10. The zero-order valence-electron chi connectivity index (χ0n) is 12.2. The van der Waals surface area contributed by atoms with Crippen LogP contribution in [-0.2, 0) is 13.2 Å². The third-order valence-corrected chi connectivity index (χ3v) is 4.51. The number of nitrogens with one attached hydrogen (secondary N) is 1. The fourth-order valence-electron chi connectivity index (χ4n) is 2.19. The van der Waals surface area contributed by atoms with Crippen LogP contribution in [0.1, 0.15) is 20.9 Å². The van der Waals surface area contributed by atoms with E-state index >= 15 is 0 Å². The SMILES string of the molecule is Cc1ccc(NC(=O)c2cc3c(C(F)(F)F)nn(C)c3s2)cc1. The molecule has 2 heterocycles. The third-order valence-electron chi connectivity index (χ3n) is 3.31. The molecule has 0 aliphatic rings. The predicted molar refractivity (Wildman–Crippen MR) is 82.7 cm³/mol. The quantitative estimate of drug-likeness (QED) is 0.760. The van der Waals surface area contributed by atoms with E-state index in [-0.39, 0.29) is 10.3 Å². The minimum Gasteiger partial charge on any atom is -0.321 e. The molecule has 3 rings (SSSR count). The second kappa shape index (κ2) is 5.38. The molecule has 0 saturated heterocycles. The third kappa shape index (κ3) is 2.94. The molecule has 0 fully saturated rings. The van der Waals surface area contributed by atoms with Crippen molar-refractivity contribution in [3.63, 3.8) is 0 Å². The summed E-state index contributed by atoms with van der Waals surface area (Å²) < 4.78 is 40.0. The summed E-state index contributed by atoms with van der Waals surface area (Å²) in [5.74, 6) is -0.442. The normalized spacial score (nSPS) is 11.9. The lowest BCUT2D eigenvalue weighted by molar-refractivity contribution is -0.140. The molecule has 3 aromatic rings. The molecule has 0 aliphatic heterocycles. The Balaban J connectivity index is 1.94. The van der Waals surface area contributed by atoms with Crippen LogP contribution < -0.4 is 5.32 Å². The van der Waals surface area contributed by atoms with Crippen LogP contribution in [0.5, 0.6) is 0 Å². The summed E-state index contributed by atoms with van der Waals surface area (Å²) in [7, 11) is 1.43. The van der Waals surface area contributed by atoms with Gasteiger partial charge in [0.15, 0.2) is 5.69 Å². The highest BCUT2D eigenvalue weighted by Gasteiger charge is 2.37. The van der Waals surface area contributed by atoms with Gasteiger partial charge in [0.05, 0.1) is 4.88 Å². The number of amides is 1. The lowest BCUT2D eigenvalue weighted by atomic mass is 10.2. The molecule has 0 bridgehead atoms. The molecule has 0 radical (unpaired) electrons. The van der Waals surface area contributed by atoms with Gasteiger partial charge >= 0.3 is 6.18 Å². The average molecular weight is 339 g/mol.